The lowest BCUT2D eigenvalue weighted by atomic mass is 9.84. The molecule has 3 aromatic rings. The number of anilines is 1. The van der Waals surface area contributed by atoms with Crippen LogP contribution in [0.4, 0.5) is 23.7 Å². The van der Waals surface area contributed by atoms with Crippen LogP contribution in [0.2, 0.25) is 0 Å². The number of hydrogen-bond donors (Lipinski definition) is 2. The number of piperidine rings is 1. The first-order valence-electron chi connectivity index (χ1n) is 26.2. The molecule has 7 atom stereocenters. The molecule has 4 fully saturated rings. The number of hydrazine groups is 1. The number of nitrogens with zero attached hydrogens (tertiary/aromatic N) is 7. The van der Waals surface area contributed by atoms with E-state index in [0.717, 1.165) is 5.69 Å². The zero-order valence-electron chi connectivity index (χ0n) is 44.7. The number of halogens is 3. The summed E-state index contributed by atoms with van der Waals surface area (Å²) < 4.78 is 70.0. The maximum atomic E-state index is 14.8. The van der Waals surface area contributed by atoms with E-state index in [9.17, 15) is 37.1 Å². The van der Waals surface area contributed by atoms with Crippen LogP contribution in [0.3, 0.4) is 0 Å². The number of amides is 5. The molecule has 1 aromatic carbocycles. The van der Waals surface area contributed by atoms with Gasteiger partial charge in [-0.05, 0) is 101 Å². The number of morpholine rings is 1. The summed E-state index contributed by atoms with van der Waals surface area (Å²) in [7, 11) is 3.10. The van der Waals surface area contributed by atoms with E-state index < -0.39 is 78.1 Å². The summed E-state index contributed by atoms with van der Waals surface area (Å²) in [6, 6.07) is 5.14. The van der Waals surface area contributed by atoms with Crippen LogP contribution in [-0.4, -0.2) is 167 Å². The van der Waals surface area contributed by atoms with Crippen LogP contribution in [0.15, 0.2) is 49.2 Å². The molecule has 6 bridgehead atoms. The molecular weight excluding hydrogens is 976 g/mol. The Morgan fingerprint density at radius 3 is 2.49 bits per heavy atom. The van der Waals surface area contributed by atoms with Gasteiger partial charge in [-0.2, -0.15) is 13.2 Å². The molecule has 7 heterocycles. The molecule has 2 N–H and O–H groups in total. The molecule has 21 heteroatoms. The van der Waals surface area contributed by atoms with Crippen molar-refractivity contribution in [2.24, 2.45) is 11.3 Å². The molecule has 0 radical (unpaired) electrons. The molecule has 2 aromatic heterocycles. The minimum atomic E-state index is -4.59. The summed E-state index contributed by atoms with van der Waals surface area (Å²) in [5, 5.41) is 4.96. The monoisotopic (exact) mass is 1050 g/mol. The normalized spacial score (nSPS) is 25.2. The standard InChI is InChI=1S/C54H74F3N9O9/c1-11-44(67)66-34(5)53(75-35(66)6)18-22-62(23-19-53)51(71)61(9)46(32(2)3)48(68)59-42-27-37-29-63(24-25-73-37)36-16-17-43-39(26-36)40(28-52(7,8)31-74-50(70)41-15-13-21-65(60-41)49(42)69)47(64(43)30-54(55,56)57)38-14-12-20-58-45(38)33(4)72-10/h11-12,14,16-17,20,26,32-35,37,41-42,46,60H,1,13,15,18-19,21-25,27-31H2,2-10H3,(H,59,68)/t33-,34-,35-,37-,41-,42-,46-/m0/s1. The number of methoxy groups -OCH3 is 1. The first kappa shape index (κ1) is 55.5. The Kier molecular flexibility index (Phi) is 16.3. The van der Waals surface area contributed by atoms with E-state index in [-0.39, 0.29) is 63.0 Å². The fourth-order valence-electron chi connectivity index (χ4n) is 11.9. The van der Waals surface area contributed by atoms with Crippen molar-refractivity contribution in [2.45, 2.75) is 148 Å². The molecule has 0 unspecified atom stereocenters. The topological polar surface area (TPSA) is 180 Å². The molecule has 0 saturated carbocycles. The number of likely N-dealkylation sites (N-methyl/N-ethyl adjacent to an activating group) is 1. The lowest BCUT2D eigenvalue weighted by Crippen LogP contribution is -2.63. The average molecular weight is 1050 g/mol. The third-order valence-corrected chi connectivity index (χ3v) is 15.8. The maximum Gasteiger partial charge on any atom is 0.406 e. The predicted molar refractivity (Wildman–Crippen MR) is 274 cm³/mol. The molecule has 0 aliphatic carbocycles. The van der Waals surface area contributed by atoms with Crippen molar-refractivity contribution >= 4 is 46.3 Å². The van der Waals surface area contributed by atoms with Gasteiger partial charge in [0.15, 0.2) is 0 Å². The van der Waals surface area contributed by atoms with Crippen molar-refractivity contribution in [3.63, 3.8) is 0 Å². The molecule has 5 aliphatic rings. The molecule has 8 rings (SSSR count). The van der Waals surface area contributed by atoms with Crippen LogP contribution in [0.5, 0.6) is 0 Å². The van der Waals surface area contributed by atoms with E-state index in [1.807, 2.05) is 47.6 Å². The molecule has 410 valence electrons. The van der Waals surface area contributed by atoms with Gasteiger partial charge in [-0.3, -0.25) is 29.2 Å². The number of benzene rings is 1. The molecule has 5 amide bonds. The van der Waals surface area contributed by atoms with Crippen LogP contribution >= 0.6 is 0 Å². The van der Waals surface area contributed by atoms with Crippen LogP contribution in [0.1, 0.15) is 97.9 Å². The van der Waals surface area contributed by atoms with Gasteiger partial charge in [0, 0.05) is 87.1 Å². The van der Waals surface area contributed by atoms with Gasteiger partial charge < -0.3 is 48.4 Å². The van der Waals surface area contributed by atoms with Gasteiger partial charge in [0.05, 0.1) is 48.5 Å². The summed E-state index contributed by atoms with van der Waals surface area (Å²) in [5.74, 6) is -2.26. The van der Waals surface area contributed by atoms with Crippen molar-refractivity contribution in [1.82, 2.24) is 40.0 Å². The van der Waals surface area contributed by atoms with Gasteiger partial charge in [0.2, 0.25) is 11.8 Å². The number of fused-ring (bicyclic) bond motifs is 6. The van der Waals surface area contributed by atoms with Gasteiger partial charge in [0.1, 0.15) is 30.9 Å². The van der Waals surface area contributed by atoms with E-state index >= 15 is 0 Å². The predicted octanol–water partition coefficient (Wildman–Crippen LogP) is 6.36. The SMILES string of the molecule is C=CC(=O)N1[C@H](C)OC2(CCN(C(=O)N(C)[C@H](C(=O)N[C@H]3C[C@H]4CN(CCO4)c4ccc5c(c4)c(c(-c4cccnc4[C@H](C)OC)n5CC(F)(F)F)CC(C)(C)COC(=O)[C@@H]4CCCN(N4)C3=O)C(C)C)CC2)[C@@H]1C. The van der Waals surface area contributed by atoms with Gasteiger partial charge in [0.25, 0.3) is 5.91 Å². The van der Waals surface area contributed by atoms with Gasteiger partial charge in [-0.1, -0.05) is 34.3 Å². The highest BCUT2D eigenvalue weighted by Gasteiger charge is 2.53. The van der Waals surface area contributed by atoms with Crippen LogP contribution in [0, 0.1) is 11.3 Å². The number of esters is 1. The summed E-state index contributed by atoms with van der Waals surface area (Å²) in [6.45, 7) is 17.1. The Morgan fingerprint density at radius 1 is 1.08 bits per heavy atom. The number of carbonyl (C=O) groups is 5. The fraction of sp³-hybridized carbons (Fsp3) is 0.630. The van der Waals surface area contributed by atoms with Crippen LogP contribution in [-0.2, 0) is 51.1 Å². The lowest BCUT2D eigenvalue weighted by molar-refractivity contribution is -0.156. The van der Waals surface area contributed by atoms with Crippen molar-refractivity contribution in [1.29, 1.82) is 0 Å². The summed E-state index contributed by atoms with van der Waals surface area (Å²) in [5.41, 5.74) is 4.65. The Balaban J connectivity index is 1.11. The first-order valence-corrected chi connectivity index (χ1v) is 26.2. The number of alkyl halides is 3. The Labute approximate surface area is 437 Å². The van der Waals surface area contributed by atoms with E-state index in [1.165, 1.54) is 27.7 Å². The van der Waals surface area contributed by atoms with Gasteiger partial charge in [-0.25, -0.2) is 10.2 Å². The largest absolute Gasteiger partial charge is 0.464 e. The fourth-order valence-corrected chi connectivity index (χ4v) is 11.9. The minimum Gasteiger partial charge on any atom is -0.464 e. The van der Waals surface area contributed by atoms with Crippen molar-refractivity contribution < 1.29 is 56.1 Å². The number of cyclic esters (lactones) is 1. The number of pyridine rings is 1. The zero-order chi connectivity index (χ0) is 54.3. The molecule has 1 spiro atoms. The number of ether oxygens (including phenoxy) is 4. The molecule has 4 saturated heterocycles. The van der Waals surface area contributed by atoms with E-state index in [1.54, 1.807) is 54.2 Å². The molecule has 75 heavy (non-hydrogen) atoms. The Bertz CT molecular complexity index is 2630. The summed E-state index contributed by atoms with van der Waals surface area (Å²) in [4.78, 5) is 82.0. The smallest absolute Gasteiger partial charge is 0.406 e. The Morgan fingerprint density at radius 2 is 1.81 bits per heavy atom. The minimum absolute atomic E-state index is 0.0162. The second-order valence-electron chi connectivity index (χ2n) is 22.0. The number of urea groups is 1. The second-order valence-corrected chi connectivity index (χ2v) is 22.0. The van der Waals surface area contributed by atoms with Crippen molar-refractivity contribution in [3.8, 4) is 11.3 Å². The Hall–Kier alpha value is -5.77. The summed E-state index contributed by atoms with van der Waals surface area (Å²) >= 11 is 0. The first-order chi connectivity index (χ1) is 35.5. The second kappa shape index (κ2) is 22.1. The number of rotatable bonds is 9. The van der Waals surface area contributed by atoms with E-state index in [0.29, 0.717) is 78.7 Å². The molecule has 18 nitrogen and oxygen atoms in total. The van der Waals surface area contributed by atoms with Crippen LogP contribution < -0.4 is 15.6 Å². The van der Waals surface area contributed by atoms with Crippen LogP contribution in [0.25, 0.3) is 22.2 Å². The third kappa shape index (κ3) is 11.5. The van der Waals surface area contributed by atoms with Crippen molar-refractivity contribution in [2.75, 3.05) is 65.0 Å². The molecular formula is C54H74F3N9O9. The number of hydrogen-bond acceptors (Lipinski definition) is 12. The lowest BCUT2D eigenvalue weighted by Gasteiger charge is -2.43. The zero-order valence-corrected chi connectivity index (χ0v) is 44.7. The quantitative estimate of drug-likeness (QED) is 0.179. The number of aromatic nitrogens is 2. The summed E-state index contributed by atoms with van der Waals surface area (Å²) in [6.07, 6.45) is -1.38. The number of nitrogens with one attached hydrogen (secondary N) is 2. The third-order valence-electron chi connectivity index (χ3n) is 15.8. The van der Waals surface area contributed by atoms with Gasteiger partial charge >= 0.3 is 18.2 Å². The van der Waals surface area contributed by atoms with E-state index in [2.05, 4.69) is 27.2 Å². The van der Waals surface area contributed by atoms with Gasteiger partial charge in [-0.15, -0.1) is 0 Å². The van der Waals surface area contributed by atoms with E-state index in [4.69, 9.17) is 18.9 Å². The highest BCUT2D eigenvalue weighted by atomic mass is 19.4. The highest BCUT2D eigenvalue weighted by Crippen LogP contribution is 2.44. The number of likely N-dealkylation sites (tertiary alicyclic amines) is 1. The molecule has 5 aliphatic heterocycles. The maximum absolute atomic E-state index is 14.8. The number of carbonyl (C=O) groups excluding carboxylic acids is 5. The average Bonchev–Trinajstić information content (AvgIpc) is 3.79. The highest BCUT2D eigenvalue weighted by molar-refractivity contribution is 5.95. The van der Waals surface area contributed by atoms with Crippen molar-refractivity contribution in [3.05, 3.63) is 60.4 Å².